The Bertz CT molecular complexity index is 111. The molecular formula is C5H7F2N. The molecule has 8 heavy (non-hydrogen) atoms. The van der Waals surface area contributed by atoms with Gasteiger partial charge < -0.3 is 5.32 Å². The van der Waals surface area contributed by atoms with Gasteiger partial charge in [-0.3, -0.25) is 0 Å². The first-order chi connectivity index (χ1) is 3.67. The van der Waals surface area contributed by atoms with Crippen molar-refractivity contribution in [3.8, 4) is 0 Å². The summed E-state index contributed by atoms with van der Waals surface area (Å²) in [5.74, 6) is -2.46. The third kappa shape index (κ3) is 0.804. The third-order valence-electron chi connectivity index (χ3n) is 1.14. The maximum Gasteiger partial charge on any atom is 0.270 e. The molecule has 1 saturated carbocycles. The predicted molar refractivity (Wildman–Crippen MR) is 26.7 cm³/mol. The molecule has 3 heteroatoms. The van der Waals surface area contributed by atoms with Crippen molar-refractivity contribution in [2.75, 3.05) is 0 Å². The van der Waals surface area contributed by atoms with Crippen molar-refractivity contribution >= 4 is 0 Å². The molecule has 1 aliphatic rings. The molecule has 0 amide bonds. The fraction of sp³-hybridized carbons (Fsp3) is 0.600. The predicted octanol–water partition coefficient (Wildman–Crippen LogP) is 1.13. The Kier molecular flexibility index (Phi) is 0.994. The van der Waals surface area contributed by atoms with Gasteiger partial charge in [0.25, 0.3) is 5.92 Å². The summed E-state index contributed by atoms with van der Waals surface area (Å²) in [5, 5.41) is 2.42. The second-order valence-corrected chi connectivity index (χ2v) is 1.89. The van der Waals surface area contributed by atoms with Crippen LogP contribution in [0.2, 0.25) is 0 Å². The molecule has 0 radical (unpaired) electrons. The molecule has 0 unspecified atom stereocenters. The van der Waals surface area contributed by atoms with E-state index in [0.29, 0.717) is 0 Å². The fourth-order valence-corrected chi connectivity index (χ4v) is 0.536. The smallest absolute Gasteiger partial charge is 0.270 e. The highest BCUT2D eigenvalue weighted by Crippen LogP contribution is 2.41. The number of rotatable bonds is 2. The minimum absolute atomic E-state index is 0.0426. The van der Waals surface area contributed by atoms with Crippen LogP contribution in [0.25, 0.3) is 0 Å². The quantitative estimate of drug-likeness (QED) is 0.574. The Morgan fingerprint density at radius 3 is 2.38 bits per heavy atom. The van der Waals surface area contributed by atoms with Gasteiger partial charge in [-0.05, 0) is 6.20 Å². The average molecular weight is 119 g/mol. The molecule has 1 aliphatic carbocycles. The Morgan fingerprint density at radius 1 is 1.75 bits per heavy atom. The van der Waals surface area contributed by atoms with Gasteiger partial charge >= 0.3 is 0 Å². The first-order valence-electron chi connectivity index (χ1n) is 2.41. The van der Waals surface area contributed by atoms with E-state index >= 15 is 0 Å². The van der Waals surface area contributed by atoms with E-state index in [0.717, 1.165) is 0 Å². The van der Waals surface area contributed by atoms with Crippen LogP contribution >= 0.6 is 0 Å². The summed E-state index contributed by atoms with van der Waals surface area (Å²) in [7, 11) is 0. The van der Waals surface area contributed by atoms with Crippen molar-refractivity contribution in [2.24, 2.45) is 0 Å². The topological polar surface area (TPSA) is 12.0 Å². The summed E-state index contributed by atoms with van der Waals surface area (Å²) in [4.78, 5) is 0. The molecule has 46 valence electrons. The third-order valence-corrected chi connectivity index (χ3v) is 1.14. The number of hydrogen-bond acceptors (Lipinski definition) is 1. The SMILES string of the molecule is C=CN[C@H]1CC1(F)F. The van der Waals surface area contributed by atoms with Crippen LogP contribution in [0.4, 0.5) is 8.78 Å². The zero-order chi connectivity index (χ0) is 6.20. The molecule has 0 saturated heterocycles. The van der Waals surface area contributed by atoms with E-state index in [-0.39, 0.29) is 6.42 Å². The monoisotopic (exact) mass is 119 g/mol. The molecule has 1 fully saturated rings. The van der Waals surface area contributed by atoms with Gasteiger partial charge in [0.2, 0.25) is 0 Å². The van der Waals surface area contributed by atoms with Crippen molar-refractivity contribution in [2.45, 2.75) is 18.4 Å². The maximum atomic E-state index is 11.9. The number of alkyl halides is 2. The van der Waals surface area contributed by atoms with Crippen LogP contribution in [-0.2, 0) is 0 Å². The molecule has 1 N–H and O–H groups in total. The molecule has 0 spiro atoms. The minimum Gasteiger partial charge on any atom is -0.383 e. The second kappa shape index (κ2) is 1.44. The van der Waals surface area contributed by atoms with Crippen LogP contribution in [0.3, 0.4) is 0 Å². The molecule has 0 aromatic carbocycles. The summed E-state index contributed by atoms with van der Waals surface area (Å²) >= 11 is 0. The van der Waals surface area contributed by atoms with Crippen molar-refractivity contribution in [1.29, 1.82) is 0 Å². The molecular weight excluding hydrogens is 112 g/mol. The minimum atomic E-state index is -2.46. The molecule has 0 aliphatic heterocycles. The van der Waals surface area contributed by atoms with E-state index in [1.807, 2.05) is 0 Å². The van der Waals surface area contributed by atoms with E-state index in [4.69, 9.17) is 0 Å². The fourth-order valence-electron chi connectivity index (χ4n) is 0.536. The lowest BCUT2D eigenvalue weighted by Crippen LogP contribution is -2.14. The first-order valence-corrected chi connectivity index (χ1v) is 2.41. The Morgan fingerprint density at radius 2 is 2.25 bits per heavy atom. The Labute approximate surface area is 46.4 Å². The van der Waals surface area contributed by atoms with Gasteiger partial charge in [0.15, 0.2) is 0 Å². The van der Waals surface area contributed by atoms with Crippen molar-refractivity contribution < 1.29 is 8.78 Å². The maximum absolute atomic E-state index is 11.9. The highest BCUT2D eigenvalue weighted by molar-refractivity contribution is 5.03. The summed E-state index contributed by atoms with van der Waals surface area (Å²) < 4.78 is 23.7. The standard InChI is InChI=1S/C5H7F2N/c1-2-8-4-3-5(4,6)7/h2,4,8H,1,3H2/t4-/m0/s1. The van der Waals surface area contributed by atoms with Crippen molar-refractivity contribution in [3.63, 3.8) is 0 Å². The van der Waals surface area contributed by atoms with Gasteiger partial charge in [0.05, 0.1) is 6.04 Å². The second-order valence-electron chi connectivity index (χ2n) is 1.89. The highest BCUT2D eigenvalue weighted by Gasteiger charge is 2.56. The van der Waals surface area contributed by atoms with Gasteiger partial charge in [0.1, 0.15) is 0 Å². The number of hydrogen-bond donors (Lipinski definition) is 1. The number of nitrogens with one attached hydrogen (secondary N) is 1. The van der Waals surface area contributed by atoms with E-state index in [9.17, 15) is 8.78 Å². The van der Waals surface area contributed by atoms with Crippen LogP contribution in [0, 0.1) is 0 Å². The van der Waals surface area contributed by atoms with Crippen molar-refractivity contribution in [3.05, 3.63) is 12.8 Å². The zero-order valence-corrected chi connectivity index (χ0v) is 4.32. The van der Waals surface area contributed by atoms with Gasteiger partial charge in [-0.2, -0.15) is 0 Å². The lowest BCUT2D eigenvalue weighted by atomic mass is 10.7. The highest BCUT2D eigenvalue weighted by atomic mass is 19.3. The Hall–Kier alpha value is -0.600. The summed E-state index contributed by atoms with van der Waals surface area (Å²) in [6.07, 6.45) is 1.25. The van der Waals surface area contributed by atoms with Crippen LogP contribution in [0.1, 0.15) is 6.42 Å². The molecule has 0 aromatic rings. The first kappa shape index (κ1) is 5.54. The summed E-state index contributed by atoms with van der Waals surface area (Å²) in [6, 6.07) is -0.639. The average Bonchev–Trinajstić information content (AvgIpc) is 2.15. The molecule has 1 nitrogen and oxygen atoms in total. The van der Waals surface area contributed by atoms with Crippen LogP contribution in [-0.4, -0.2) is 12.0 Å². The molecule has 1 atom stereocenters. The number of halogens is 2. The van der Waals surface area contributed by atoms with Crippen molar-refractivity contribution in [1.82, 2.24) is 5.32 Å². The van der Waals surface area contributed by atoms with Gasteiger partial charge in [-0.25, -0.2) is 8.78 Å². The van der Waals surface area contributed by atoms with Crippen LogP contribution in [0.15, 0.2) is 12.8 Å². The van der Waals surface area contributed by atoms with E-state index in [1.54, 1.807) is 0 Å². The lowest BCUT2D eigenvalue weighted by molar-refractivity contribution is 0.109. The van der Waals surface area contributed by atoms with Crippen LogP contribution < -0.4 is 5.32 Å². The Balaban J connectivity index is 2.26. The van der Waals surface area contributed by atoms with Crippen LogP contribution in [0.5, 0.6) is 0 Å². The van der Waals surface area contributed by atoms with E-state index in [1.165, 1.54) is 6.20 Å². The van der Waals surface area contributed by atoms with Gasteiger partial charge in [-0.1, -0.05) is 6.58 Å². The van der Waals surface area contributed by atoms with E-state index < -0.39 is 12.0 Å². The molecule has 0 aromatic heterocycles. The normalized spacial score (nSPS) is 31.5. The summed E-state index contributed by atoms with van der Waals surface area (Å²) in [6.45, 7) is 3.26. The lowest BCUT2D eigenvalue weighted by Gasteiger charge is -1.93. The van der Waals surface area contributed by atoms with Gasteiger partial charge in [-0.15, -0.1) is 0 Å². The molecule has 0 heterocycles. The van der Waals surface area contributed by atoms with Gasteiger partial charge in [0, 0.05) is 6.42 Å². The summed E-state index contributed by atoms with van der Waals surface area (Å²) in [5.41, 5.74) is 0. The molecule has 1 rings (SSSR count). The molecule has 0 bridgehead atoms. The largest absolute Gasteiger partial charge is 0.383 e. The zero-order valence-electron chi connectivity index (χ0n) is 4.32. The van der Waals surface area contributed by atoms with E-state index in [2.05, 4.69) is 11.9 Å².